The minimum absolute atomic E-state index is 0.211. The van der Waals surface area contributed by atoms with Gasteiger partial charge in [-0.3, -0.25) is 4.79 Å². The van der Waals surface area contributed by atoms with Gasteiger partial charge in [0.25, 0.3) is 0 Å². The molecule has 0 aliphatic heterocycles. The van der Waals surface area contributed by atoms with Gasteiger partial charge in [0.1, 0.15) is 5.69 Å². The van der Waals surface area contributed by atoms with Gasteiger partial charge in [0.15, 0.2) is 0 Å². The van der Waals surface area contributed by atoms with Crippen LogP contribution in [0.15, 0.2) is 47.1 Å². The maximum atomic E-state index is 11.8. The molecular weight excluding hydrogens is 264 g/mol. The van der Waals surface area contributed by atoms with Crippen molar-refractivity contribution >= 4 is 17.4 Å². The number of benzene rings is 1. The lowest BCUT2D eigenvalue weighted by Crippen LogP contribution is -2.02. The molecule has 0 bridgehead atoms. The van der Waals surface area contributed by atoms with Crippen molar-refractivity contribution in [3.63, 3.8) is 0 Å². The Morgan fingerprint density at radius 2 is 2.00 bits per heavy atom. The fraction of sp³-hybridized carbons (Fsp3) is 0.143. The second kappa shape index (κ2) is 5.71. The molecule has 0 saturated heterocycles. The first kappa shape index (κ1) is 13.4. The van der Waals surface area contributed by atoms with Crippen LogP contribution >= 0.6 is 11.6 Å². The van der Waals surface area contributed by atoms with Gasteiger partial charge in [-0.25, -0.2) is 0 Å². The van der Waals surface area contributed by atoms with Crippen molar-refractivity contribution in [2.45, 2.75) is 0 Å². The Morgan fingerprint density at radius 1 is 1.32 bits per heavy atom. The summed E-state index contributed by atoms with van der Waals surface area (Å²) >= 11 is 5.81. The van der Waals surface area contributed by atoms with E-state index in [4.69, 9.17) is 16.1 Å². The zero-order chi connectivity index (χ0) is 13.8. The molecule has 0 aliphatic rings. The summed E-state index contributed by atoms with van der Waals surface area (Å²) < 4.78 is 5.04. The second-order valence-electron chi connectivity index (χ2n) is 4.23. The van der Waals surface area contributed by atoms with Crippen molar-refractivity contribution in [3.8, 4) is 11.3 Å². The Labute approximate surface area is 116 Å². The first-order valence-electron chi connectivity index (χ1n) is 5.68. The number of hydrogen-bond donors (Lipinski definition) is 0. The average Bonchev–Trinajstić information content (AvgIpc) is 2.86. The van der Waals surface area contributed by atoms with E-state index in [1.807, 2.05) is 26.2 Å². The second-order valence-corrected chi connectivity index (χ2v) is 4.66. The lowest BCUT2D eigenvalue weighted by molar-refractivity contribution is 0.101. The van der Waals surface area contributed by atoms with E-state index in [0.717, 1.165) is 5.56 Å². The van der Waals surface area contributed by atoms with Crippen molar-refractivity contribution < 1.29 is 9.32 Å². The fourth-order valence-electron chi connectivity index (χ4n) is 1.45. The maximum Gasteiger partial charge on any atom is 0.225 e. The van der Waals surface area contributed by atoms with Crippen LogP contribution in [0.3, 0.4) is 0 Å². The molecule has 1 aromatic heterocycles. The molecule has 5 heteroatoms. The lowest BCUT2D eigenvalue weighted by atomic mass is 10.1. The fourth-order valence-corrected chi connectivity index (χ4v) is 1.57. The van der Waals surface area contributed by atoms with Crippen LogP contribution < -0.4 is 0 Å². The predicted molar refractivity (Wildman–Crippen MR) is 74.1 cm³/mol. The van der Waals surface area contributed by atoms with Gasteiger partial charge in [-0.1, -0.05) is 28.9 Å². The van der Waals surface area contributed by atoms with E-state index in [0.29, 0.717) is 10.7 Å². The summed E-state index contributed by atoms with van der Waals surface area (Å²) in [5.41, 5.74) is 1.46. The Morgan fingerprint density at radius 3 is 2.63 bits per heavy atom. The number of carbonyl (C=O) groups is 1. The van der Waals surface area contributed by atoms with Crippen LogP contribution in [-0.2, 0) is 0 Å². The number of rotatable bonds is 4. The van der Waals surface area contributed by atoms with Gasteiger partial charge in [0, 0.05) is 43.0 Å². The first-order chi connectivity index (χ1) is 9.06. The highest BCUT2D eigenvalue weighted by molar-refractivity contribution is 6.30. The monoisotopic (exact) mass is 276 g/mol. The molecule has 2 rings (SSSR count). The van der Waals surface area contributed by atoms with E-state index in [1.54, 1.807) is 29.3 Å². The van der Waals surface area contributed by atoms with Crippen molar-refractivity contribution in [2.24, 2.45) is 0 Å². The van der Waals surface area contributed by atoms with Gasteiger partial charge in [0.2, 0.25) is 11.5 Å². The quantitative estimate of drug-likeness (QED) is 0.635. The summed E-state index contributed by atoms with van der Waals surface area (Å²) in [6.45, 7) is 0. The van der Waals surface area contributed by atoms with Gasteiger partial charge in [0.05, 0.1) is 0 Å². The van der Waals surface area contributed by atoms with Gasteiger partial charge in [-0.05, 0) is 12.1 Å². The Kier molecular flexibility index (Phi) is 4.02. The third kappa shape index (κ3) is 3.45. The smallest absolute Gasteiger partial charge is 0.225 e. The molecule has 0 amide bonds. The molecule has 1 aromatic carbocycles. The van der Waals surface area contributed by atoms with E-state index < -0.39 is 0 Å². The van der Waals surface area contributed by atoms with E-state index in [-0.39, 0.29) is 11.5 Å². The largest absolute Gasteiger partial charge is 0.383 e. The Balaban J connectivity index is 2.19. The molecule has 19 heavy (non-hydrogen) atoms. The normalized spacial score (nSPS) is 10.9. The molecule has 1 heterocycles. The average molecular weight is 277 g/mol. The highest BCUT2D eigenvalue weighted by atomic mass is 35.5. The third-order valence-corrected chi connectivity index (χ3v) is 2.67. The Hall–Kier alpha value is -2.07. The molecule has 0 atom stereocenters. The van der Waals surface area contributed by atoms with Crippen LogP contribution in [0, 0.1) is 0 Å². The number of hydrogen-bond acceptors (Lipinski definition) is 4. The van der Waals surface area contributed by atoms with E-state index in [2.05, 4.69) is 5.16 Å². The molecule has 0 radical (unpaired) electrons. The summed E-state index contributed by atoms with van der Waals surface area (Å²) in [5, 5.41) is 4.53. The molecule has 0 saturated carbocycles. The minimum Gasteiger partial charge on any atom is -0.383 e. The molecule has 0 unspecified atom stereocenters. The van der Waals surface area contributed by atoms with Crippen LogP contribution in [0.1, 0.15) is 10.6 Å². The van der Waals surface area contributed by atoms with E-state index in [9.17, 15) is 4.79 Å². The summed E-state index contributed by atoms with van der Waals surface area (Å²) in [7, 11) is 3.67. The van der Waals surface area contributed by atoms with Gasteiger partial charge in [-0.15, -0.1) is 0 Å². The van der Waals surface area contributed by atoms with E-state index in [1.165, 1.54) is 6.08 Å². The minimum atomic E-state index is -0.221. The molecular formula is C14H13ClN2O2. The molecule has 98 valence electrons. The van der Waals surface area contributed by atoms with Crippen LogP contribution in [0.25, 0.3) is 11.3 Å². The topological polar surface area (TPSA) is 46.3 Å². The summed E-state index contributed by atoms with van der Waals surface area (Å²) in [4.78, 5) is 13.6. The zero-order valence-corrected chi connectivity index (χ0v) is 11.4. The standard InChI is InChI=1S/C14H13ClN2O2/c1-17(2)8-7-13(18)14-9-12(16-19-14)10-3-5-11(15)6-4-10/h3-9H,1-2H3. The SMILES string of the molecule is CN(C)C=CC(=O)c1cc(-c2ccc(Cl)cc2)no1. The number of allylic oxidation sites excluding steroid dienone is 1. The van der Waals surface area contributed by atoms with Crippen molar-refractivity contribution in [1.29, 1.82) is 0 Å². The lowest BCUT2D eigenvalue weighted by Gasteiger charge is -2.01. The molecule has 2 aromatic rings. The molecule has 0 aliphatic carbocycles. The summed E-state index contributed by atoms with van der Waals surface area (Å²) in [5.74, 6) is -0.00976. The first-order valence-corrected chi connectivity index (χ1v) is 6.05. The predicted octanol–water partition coefficient (Wildman–Crippen LogP) is 3.25. The van der Waals surface area contributed by atoms with Gasteiger partial charge >= 0.3 is 0 Å². The number of carbonyl (C=O) groups excluding carboxylic acids is 1. The van der Waals surface area contributed by atoms with Crippen molar-refractivity contribution in [2.75, 3.05) is 14.1 Å². The summed E-state index contributed by atoms with van der Waals surface area (Å²) in [6.07, 6.45) is 3.10. The zero-order valence-electron chi connectivity index (χ0n) is 10.6. The molecule has 4 nitrogen and oxygen atoms in total. The van der Waals surface area contributed by atoms with Crippen LogP contribution in [0.4, 0.5) is 0 Å². The molecule has 0 fully saturated rings. The van der Waals surface area contributed by atoms with Crippen LogP contribution in [0.2, 0.25) is 5.02 Å². The van der Waals surface area contributed by atoms with Gasteiger partial charge < -0.3 is 9.42 Å². The number of nitrogens with zero attached hydrogens (tertiary/aromatic N) is 2. The van der Waals surface area contributed by atoms with E-state index >= 15 is 0 Å². The third-order valence-electron chi connectivity index (χ3n) is 2.42. The number of aromatic nitrogens is 1. The number of ketones is 1. The molecule has 0 spiro atoms. The highest BCUT2D eigenvalue weighted by Crippen LogP contribution is 2.21. The van der Waals surface area contributed by atoms with Crippen molar-refractivity contribution in [3.05, 3.63) is 53.4 Å². The van der Waals surface area contributed by atoms with Crippen LogP contribution in [0.5, 0.6) is 0 Å². The molecule has 0 N–H and O–H groups in total. The van der Waals surface area contributed by atoms with Gasteiger partial charge in [-0.2, -0.15) is 0 Å². The maximum absolute atomic E-state index is 11.8. The van der Waals surface area contributed by atoms with Crippen molar-refractivity contribution in [1.82, 2.24) is 10.1 Å². The van der Waals surface area contributed by atoms with Crippen LogP contribution in [-0.4, -0.2) is 29.9 Å². The highest BCUT2D eigenvalue weighted by Gasteiger charge is 2.11. The Bertz CT molecular complexity index is 600. The number of halogens is 1. The summed E-state index contributed by atoms with van der Waals surface area (Å²) in [6, 6.07) is 8.79.